The van der Waals surface area contributed by atoms with Crippen LogP contribution in [0.4, 0.5) is 0 Å². The van der Waals surface area contributed by atoms with Crippen LogP contribution in [-0.2, 0) is 33.5 Å². The molecule has 8 heteroatoms. The van der Waals surface area contributed by atoms with E-state index in [2.05, 4.69) is 9.57 Å². The summed E-state index contributed by atoms with van der Waals surface area (Å²) in [5.74, 6) is -0.414. The van der Waals surface area contributed by atoms with Crippen molar-refractivity contribution < 1.29 is 33.5 Å². The standard InChI is InChI=1S/C17H29NO7/c1-2-16(18(13-19)24-15-21)25-17(22)11-9-7-5-3-4-6-8-10-12-23-14-20/h13-16H,2-12H2,1H3. The molecule has 144 valence electrons. The molecule has 0 heterocycles. The summed E-state index contributed by atoms with van der Waals surface area (Å²) in [6.45, 7) is 2.79. The monoisotopic (exact) mass is 359 g/mol. The Balaban J connectivity index is 3.64. The number of hydrogen-bond acceptors (Lipinski definition) is 7. The molecule has 0 saturated carbocycles. The normalized spacial score (nSPS) is 11.2. The highest BCUT2D eigenvalue weighted by molar-refractivity contribution is 5.69. The summed E-state index contributed by atoms with van der Waals surface area (Å²) in [6.07, 6.45) is 8.01. The highest BCUT2D eigenvalue weighted by atomic mass is 16.7. The van der Waals surface area contributed by atoms with Crippen LogP contribution in [-0.4, -0.2) is 43.2 Å². The van der Waals surface area contributed by atoms with Crippen LogP contribution >= 0.6 is 0 Å². The van der Waals surface area contributed by atoms with E-state index in [1.807, 2.05) is 0 Å². The van der Waals surface area contributed by atoms with Gasteiger partial charge in [0.1, 0.15) is 0 Å². The van der Waals surface area contributed by atoms with Crippen molar-refractivity contribution >= 4 is 25.3 Å². The second-order valence-corrected chi connectivity index (χ2v) is 5.57. The van der Waals surface area contributed by atoms with E-state index in [1.54, 1.807) is 6.92 Å². The zero-order valence-electron chi connectivity index (χ0n) is 14.9. The largest absolute Gasteiger partial charge is 0.468 e. The lowest BCUT2D eigenvalue weighted by atomic mass is 10.1. The minimum atomic E-state index is -0.890. The van der Waals surface area contributed by atoms with Gasteiger partial charge in [-0.3, -0.25) is 19.2 Å². The summed E-state index contributed by atoms with van der Waals surface area (Å²) < 4.78 is 9.75. The van der Waals surface area contributed by atoms with E-state index < -0.39 is 12.2 Å². The van der Waals surface area contributed by atoms with Crippen molar-refractivity contribution in [3.63, 3.8) is 0 Å². The molecule has 0 aromatic carbocycles. The van der Waals surface area contributed by atoms with Crippen molar-refractivity contribution in [1.29, 1.82) is 0 Å². The smallest absolute Gasteiger partial charge is 0.321 e. The van der Waals surface area contributed by atoms with Crippen LogP contribution in [0.3, 0.4) is 0 Å². The molecule has 0 rings (SSSR count). The molecule has 0 aromatic rings. The fourth-order valence-corrected chi connectivity index (χ4v) is 2.30. The first-order valence-electron chi connectivity index (χ1n) is 8.78. The number of ether oxygens (including phenoxy) is 2. The number of carbonyl (C=O) groups is 4. The molecule has 0 aliphatic carbocycles. The Bertz CT molecular complexity index is 376. The van der Waals surface area contributed by atoms with Crippen molar-refractivity contribution in [2.45, 2.75) is 77.4 Å². The molecule has 0 aliphatic rings. The molecule has 0 aliphatic heterocycles. The van der Waals surface area contributed by atoms with E-state index in [-0.39, 0.29) is 12.9 Å². The second-order valence-electron chi connectivity index (χ2n) is 5.57. The topological polar surface area (TPSA) is 99.2 Å². The van der Waals surface area contributed by atoms with Crippen molar-refractivity contribution in [2.75, 3.05) is 6.61 Å². The van der Waals surface area contributed by atoms with Crippen molar-refractivity contribution in [2.24, 2.45) is 0 Å². The number of hydrogen-bond donors (Lipinski definition) is 0. The number of amides is 1. The quantitative estimate of drug-likeness (QED) is 0.122. The fourth-order valence-electron chi connectivity index (χ4n) is 2.30. The van der Waals surface area contributed by atoms with E-state index in [4.69, 9.17) is 4.74 Å². The van der Waals surface area contributed by atoms with Crippen LogP contribution in [0.5, 0.6) is 0 Å². The fraction of sp³-hybridized carbons (Fsp3) is 0.765. The molecule has 8 nitrogen and oxygen atoms in total. The number of rotatable bonds is 18. The SMILES string of the molecule is CCC(OC(=O)CCCCCCCCCCOC=O)N(C=O)OC=O. The summed E-state index contributed by atoms with van der Waals surface area (Å²) in [7, 11) is 0. The van der Waals surface area contributed by atoms with Gasteiger partial charge in [0.2, 0.25) is 12.6 Å². The Morgan fingerprint density at radius 2 is 1.52 bits per heavy atom. The van der Waals surface area contributed by atoms with E-state index in [1.165, 1.54) is 0 Å². The minimum Gasteiger partial charge on any atom is -0.468 e. The highest BCUT2D eigenvalue weighted by Gasteiger charge is 2.20. The maximum absolute atomic E-state index is 11.8. The Hall–Kier alpha value is -2.12. The predicted octanol–water partition coefficient (Wildman–Crippen LogP) is 2.50. The van der Waals surface area contributed by atoms with E-state index in [0.717, 1.165) is 51.4 Å². The van der Waals surface area contributed by atoms with Gasteiger partial charge in [0.05, 0.1) is 6.61 Å². The summed E-state index contributed by atoms with van der Waals surface area (Å²) in [5.41, 5.74) is 0. The third kappa shape index (κ3) is 12.9. The van der Waals surface area contributed by atoms with Crippen LogP contribution < -0.4 is 0 Å². The second kappa shape index (κ2) is 16.7. The lowest BCUT2D eigenvalue weighted by molar-refractivity contribution is -0.222. The van der Waals surface area contributed by atoms with Gasteiger partial charge in [-0.25, -0.2) is 0 Å². The Kier molecular flexibility index (Phi) is 15.3. The first-order chi connectivity index (χ1) is 12.2. The molecule has 0 aromatic heterocycles. The third-order valence-electron chi connectivity index (χ3n) is 3.63. The van der Waals surface area contributed by atoms with E-state index in [0.29, 0.717) is 31.0 Å². The molecule has 1 unspecified atom stereocenters. The van der Waals surface area contributed by atoms with Crippen LogP contribution in [0.25, 0.3) is 0 Å². The summed E-state index contributed by atoms with van der Waals surface area (Å²) in [6, 6.07) is 0. The summed E-state index contributed by atoms with van der Waals surface area (Å²) >= 11 is 0. The van der Waals surface area contributed by atoms with Gasteiger partial charge < -0.3 is 14.3 Å². The van der Waals surface area contributed by atoms with Gasteiger partial charge in [-0.05, 0) is 12.8 Å². The molecule has 1 amide bonds. The Morgan fingerprint density at radius 1 is 0.920 bits per heavy atom. The average Bonchev–Trinajstić information content (AvgIpc) is 2.62. The molecule has 0 spiro atoms. The maximum Gasteiger partial charge on any atom is 0.321 e. The van der Waals surface area contributed by atoms with Crippen LogP contribution in [0.15, 0.2) is 0 Å². The first kappa shape index (κ1) is 22.9. The van der Waals surface area contributed by atoms with Crippen LogP contribution in [0.2, 0.25) is 0 Å². The Morgan fingerprint density at radius 3 is 2.04 bits per heavy atom. The zero-order valence-corrected chi connectivity index (χ0v) is 14.9. The molecule has 0 fully saturated rings. The van der Waals surface area contributed by atoms with Crippen molar-refractivity contribution in [3.8, 4) is 0 Å². The molecule has 25 heavy (non-hydrogen) atoms. The maximum atomic E-state index is 11.8. The minimum absolute atomic E-state index is 0.111. The number of hydroxylamine groups is 2. The molecule has 0 radical (unpaired) electrons. The average molecular weight is 359 g/mol. The van der Waals surface area contributed by atoms with Gasteiger partial charge >= 0.3 is 12.4 Å². The predicted molar refractivity (Wildman–Crippen MR) is 88.8 cm³/mol. The number of unbranched alkanes of at least 4 members (excludes halogenated alkanes) is 7. The molecular weight excluding hydrogens is 330 g/mol. The summed E-state index contributed by atoms with van der Waals surface area (Å²) in [4.78, 5) is 47.2. The number of nitrogens with zero attached hydrogens (tertiary/aromatic N) is 1. The van der Waals surface area contributed by atoms with Crippen molar-refractivity contribution in [1.82, 2.24) is 5.06 Å². The van der Waals surface area contributed by atoms with Crippen LogP contribution in [0, 0.1) is 0 Å². The molecule has 0 bridgehead atoms. The highest BCUT2D eigenvalue weighted by Crippen LogP contribution is 2.12. The van der Waals surface area contributed by atoms with E-state index in [9.17, 15) is 19.2 Å². The third-order valence-corrected chi connectivity index (χ3v) is 3.63. The number of carbonyl (C=O) groups excluding carboxylic acids is 4. The van der Waals surface area contributed by atoms with Gasteiger partial charge in [0, 0.05) is 12.8 Å². The number of esters is 1. The molecule has 0 saturated heterocycles. The lowest BCUT2D eigenvalue weighted by Crippen LogP contribution is -2.37. The lowest BCUT2D eigenvalue weighted by Gasteiger charge is -2.23. The zero-order chi connectivity index (χ0) is 18.8. The van der Waals surface area contributed by atoms with Crippen LogP contribution in [0.1, 0.15) is 71.1 Å². The van der Waals surface area contributed by atoms with Gasteiger partial charge in [0.25, 0.3) is 6.47 Å². The molecular formula is C17H29NO7. The van der Waals surface area contributed by atoms with Gasteiger partial charge in [-0.2, -0.15) is 0 Å². The first-order valence-corrected chi connectivity index (χ1v) is 8.78. The van der Waals surface area contributed by atoms with Gasteiger partial charge in [-0.15, -0.1) is 5.06 Å². The van der Waals surface area contributed by atoms with Gasteiger partial charge in [-0.1, -0.05) is 45.4 Å². The Labute approximate surface area is 148 Å². The van der Waals surface area contributed by atoms with E-state index >= 15 is 0 Å². The van der Waals surface area contributed by atoms with Gasteiger partial charge in [0.15, 0.2) is 0 Å². The molecule has 0 N–H and O–H groups in total. The summed E-state index contributed by atoms with van der Waals surface area (Å²) in [5, 5.41) is 0.686. The molecule has 1 atom stereocenters. The van der Waals surface area contributed by atoms with Crippen molar-refractivity contribution in [3.05, 3.63) is 0 Å².